The molecule has 1 aromatic rings. The Morgan fingerprint density at radius 1 is 1.15 bits per heavy atom. The quantitative estimate of drug-likeness (QED) is 0.353. The molecule has 0 saturated heterocycles. The Morgan fingerprint density at radius 3 is 2.20 bits per heavy atom. The summed E-state index contributed by atoms with van der Waals surface area (Å²) in [6.07, 6.45) is 11.1. The fraction of sp³-hybridized carbons (Fsp3) is 0.444. The van der Waals surface area contributed by atoms with Crippen molar-refractivity contribution in [2.24, 2.45) is 0 Å². The third kappa shape index (κ3) is 7.32. The Labute approximate surface area is 166 Å². The van der Waals surface area contributed by atoms with Crippen LogP contribution in [0.25, 0.3) is 0 Å². The number of rotatable bonds is 2. The summed E-state index contributed by atoms with van der Waals surface area (Å²) in [6, 6.07) is 6.13. The van der Waals surface area contributed by atoms with Gasteiger partial charge in [-0.15, -0.1) is 0 Å². The van der Waals surface area contributed by atoms with Crippen LogP contribution >= 0.6 is 0 Å². The molecule has 0 aromatic heterocycles. The Kier molecular flexibility index (Phi) is 12.0. The minimum atomic E-state index is 0. The van der Waals surface area contributed by atoms with Gasteiger partial charge < -0.3 is 6.92 Å². The summed E-state index contributed by atoms with van der Waals surface area (Å²) >= 11 is 0. The Morgan fingerprint density at radius 2 is 1.70 bits per heavy atom. The van der Waals surface area contributed by atoms with Crippen molar-refractivity contribution in [2.75, 3.05) is 0 Å². The van der Waals surface area contributed by atoms with Crippen LogP contribution in [0.5, 0.6) is 0 Å². The fourth-order valence-electron chi connectivity index (χ4n) is 2.03. The predicted octanol–water partition coefficient (Wildman–Crippen LogP) is 1.95. The molecular weight excluding hydrogens is 271 g/mol. The molecule has 0 bridgehead atoms. The first-order valence-electron chi connectivity index (χ1n) is 7.26. The van der Waals surface area contributed by atoms with Crippen LogP contribution in [-0.2, 0) is 12.8 Å². The van der Waals surface area contributed by atoms with Gasteiger partial charge in [0.1, 0.15) is 0 Å². The van der Waals surface area contributed by atoms with Crippen molar-refractivity contribution in [1.82, 2.24) is 0 Å². The molecule has 0 aliphatic heterocycles. The molecule has 0 atom stereocenters. The summed E-state index contributed by atoms with van der Waals surface area (Å²) in [5, 5.41) is 0. The number of allylic oxidation sites excluding steroid dienone is 2. The van der Waals surface area contributed by atoms with Gasteiger partial charge in [-0.25, -0.2) is 0 Å². The molecule has 2 heteroatoms. The van der Waals surface area contributed by atoms with Crippen molar-refractivity contribution in [1.29, 1.82) is 0 Å². The molecule has 0 saturated carbocycles. The van der Waals surface area contributed by atoms with Gasteiger partial charge in [0.25, 0.3) is 0 Å². The molecule has 1 nitrogen and oxygen atoms in total. The SMILES string of the molecule is CC(=O)c1ccc2c(c1)CC/C=C\CC2.[CH2-]CCC.[K+]. The van der Waals surface area contributed by atoms with E-state index in [1.807, 2.05) is 6.07 Å². The molecular formula is C18H25KO. The number of aryl methyl sites for hydroxylation is 2. The Balaban J connectivity index is 0.000000644. The third-order valence-corrected chi connectivity index (χ3v) is 3.29. The van der Waals surface area contributed by atoms with E-state index in [4.69, 9.17) is 0 Å². The van der Waals surface area contributed by atoms with Crippen LogP contribution in [0.1, 0.15) is 61.0 Å². The second-order valence-corrected chi connectivity index (χ2v) is 4.94. The van der Waals surface area contributed by atoms with Crippen molar-refractivity contribution < 1.29 is 56.2 Å². The first-order valence-corrected chi connectivity index (χ1v) is 7.26. The molecule has 104 valence electrons. The molecule has 2 rings (SSSR count). The Bertz CT molecular complexity index is 433. The summed E-state index contributed by atoms with van der Waals surface area (Å²) in [5.41, 5.74) is 3.61. The number of hydrogen-bond acceptors (Lipinski definition) is 1. The van der Waals surface area contributed by atoms with Crippen molar-refractivity contribution in [3.05, 3.63) is 54.0 Å². The normalized spacial score (nSPS) is 14.6. The maximum atomic E-state index is 11.3. The summed E-state index contributed by atoms with van der Waals surface area (Å²) in [6.45, 7) is 7.35. The molecule has 20 heavy (non-hydrogen) atoms. The number of unbranched alkanes of at least 4 members (excludes halogenated alkanes) is 1. The molecule has 0 spiro atoms. The van der Waals surface area contributed by atoms with Gasteiger partial charge in [-0.05, 0) is 49.8 Å². The molecule has 1 aromatic carbocycles. The monoisotopic (exact) mass is 296 g/mol. The smallest absolute Gasteiger partial charge is 0.343 e. The maximum absolute atomic E-state index is 11.3. The molecule has 0 N–H and O–H groups in total. The van der Waals surface area contributed by atoms with Gasteiger partial charge in [0, 0.05) is 5.56 Å². The minimum Gasteiger partial charge on any atom is -0.343 e. The largest absolute Gasteiger partial charge is 1.00 e. The number of fused-ring (bicyclic) bond motifs is 1. The number of Topliss-reactive ketones (excluding diaryl/α,β-unsaturated/α-hetero) is 1. The molecule has 0 unspecified atom stereocenters. The number of ketones is 1. The molecule has 1 aliphatic rings. The van der Waals surface area contributed by atoms with Crippen LogP contribution in [-0.4, -0.2) is 5.78 Å². The second kappa shape index (κ2) is 11.9. The third-order valence-electron chi connectivity index (χ3n) is 3.29. The van der Waals surface area contributed by atoms with Crippen molar-refractivity contribution in [2.45, 2.75) is 52.4 Å². The summed E-state index contributed by atoms with van der Waals surface area (Å²) in [7, 11) is 0. The van der Waals surface area contributed by atoms with E-state index in [1.54, 1.807) is 6.92 Å². The minimum absolute atomic E-state index is 0. The number of carbonyl (C=O) groups is 1. The van der Waals surface area contributed by atoms with Gasteiger partial charge in [-0.3, -0.25) is 4.79 Å². The van der Waals surface area contributed by atoms with Crippen LogP contribution in [0, 0.1) is 6.92 Å². The molecule has 0 radical (unpaired) electrons. The van der Waals surface area contributed by atoms with Crippen molar-refractivity contribution in [3.63, 3.8) is 0 Å². The molecule has 0 amide bonds. The maximum Gasteiger partial charge on any atom is 1.00 e. The number of hydrogen-bond donors (Lipinski definition) is 0. The van der Waals surface area contributed by atoms with E-state index in [0.717, 1.165) is 37.7 Å². The van der Waals surface area contributed by atoms with Crippen LogP contribution in [0.4, 0.5) is 0 Å². The number of carbonyl (C=O) groups excluding carboxylic acids is 1. The number of benzene rings is 1. The zero-order valence-electron chi connectivity index (χ0n) is 13.2. The van der Waals surface area contributed by atoms with E-state index in [2.05, 4.69) is 38.1 Å². The van der Waals surface area contributed by atoms with E-state index < -0.39 is 0 Å². The van der Waals surface area contributed by atoms with E-state index in [9.17, 15) is 4.79 Å². The van der Waals surface area contributed by atoms with Crippen LogP contribution in [0.15, 0.2) is 30.4 Å². The first kappa shape index (κ1) is 20.3. The van der Waals surface area contributed by atoms with Gasteiger partial charge in [-0.1, -0.05) is 37.6 Å². The summed E-state index contributed by atoms with van der Waals surface area (Å²) in [5.74, 6) is 0.162. The van der Waals surface area contributed by atoms with E-state index in [0.29, 0.717) is 0 Å². The predicted molar refractivity (Wildman–Crippen MR) is 82.5 cm³/mol. The van der Waals surface area contributed by atoms with E-state index in [-0.39, 0.29) is 57.2 Å². The standard InChI is InChI=1S/C14H16O.C4H9.K/c1-11(15)13-9-8-12-6-4-2-3-5-7-14(12)10-13;1-3-4-2;/h2-3,8-10H,4-7H2,1H3;1,3-4H2,2H3;/q;-1;+1/b3-2-;;. The topological polar surface area (TPSA) is 17.1 Å². The fourth-order valence-corrected chi connectivity index (χ4v) is 2.03. The zero-order chi connectivity index (χ0) is 14.1. The average Bonchev–Trinajstić information content (AvgIpc) is 2.39. The van der Waals surface area contributed by atoms with Crippen LogP contribution in [0.3, 0.4) is 0 Å². The Hall–Kier alpha value is 0.266. The van der Waals surface area contributed by atoms with Gasteiger partial charge >= 0.3 is 51.4 Å². The average molecular weight is 296 g/mol. The molecule has 1 aliphatic carbocycles. The zero-order valence-corrected chi connectivity index (χ0v) is 16.4. The van der Waals surface area contributed by atoms with Crippen LogP contribution in [0.2, 0.25) is 0 Å². The summed E-state index contributed by atoms with van der Waals surface area (Å²) < 4.78 is 0. The van der Waals surface area contributed by atoms with Crippen molar-refractivity contribution in [3.8, 4) is 0 Å². The first-order chi connectivity index (χ1) is 9.19. The van der Waals surface area contributed by atoms with Crippen LogP contribution < -0.4 is 51.4 Å². The van der Waals surface area contributed by atoms with Gasteiger partial charge in [-0.2, -0.15) is 6.42 Å². The van der Waals surface area contributed by atoms with Crippen molar-refractivity contribution >= 4 is 5.78 Å². The van der Waals surface area contributed by atoms with Gasteiger partial charge in [0.15, 0.2) is 5.78 Å². The van der Waals surface area contributed by atoms with Gasteiger partial charge in [0.05, 0.1) is 0 Å². The summed E-state index contributed by atoms with van der Waals surface area (Å²) in [4.78, 5) is 11.3. The van der Waals surface area contributed by atoms with E-state index in [1.165, 1.54) is 17.5 Å². The van der Waals surface area contributed by atoms with E-state index >= 15 is 0 Å². The molecule has 0 heterocycles. The van der Waals surface area contributed by atoms with Gasteiger partial charge in [0.2, 0.25) is 0 Å². The molecule has 0 fully saturated rings. The second-order valence-electron chi connectivity index (χ2n) is 4.94.